The third-order valence-electron chi connectivity index (χ3n) is 7.12. The summed E-state index contributed by atoms with van der Waals surface area (Å²) in [6, 6.07) is 3.15. The molecule has 2 aliphatic rings. The van der Waals surface area contributed by atoms with Gasteiger partial charge in [-0.25, -0.2) is 9.37 Å². The summed E-state index contributed by atoms with van der Waals surface area (Å²) in [6.45, 7) is 3.84. The molecule has 0 radical (unpaired) electrons. The van der Waals surface area contributed by atoms with Gasteiger partial charge in [0.1, 0.15) is 11.4 Å². The Morgan fingerprint density at radius 2 is 1.97 bits per heavy atom. The fourth-order valence-corrected chi connectivity index (χ4v) is 5.31. The number of rotatable bonds is 5. The minimum absolute atomic E-state index is 0.0161. The SMILES string of the molecule is CC[C@@](O)(C=O)c1cc2n(c(=O)c1COC)Cc1c-2nc2cc(F)c(C)c3c2c1CCC3.CN. The van der Waals surface area contributed by atoms with E-state index in [1.807, 2.05) is 0 Å². The highest BCUT2D eigenvalue weighted by molar-refractivity contribution is 5.92. The van der Waals surface area contributed by atoms with Crippen LogP contribution >= 0.6 is 0 Å². The Labute approximate surface area is 197 Å². The van der Waals surface area contributed by atoms with Gasteiger partial charge < -0.3 is 20.1 Å². The molecule has 3 N–H and O–H groups in total. The van der Waals surface area contributed by atoms with Gasteiger partial charge >= 0.3 is 0 Å². The topological polar surface area (TPSA) is 107 Å². The summed E-state index contributed by atoms with van der Waals surface area (Å²) in [4.78, 5) is 30.1. The molecule has 0 spiro atoms. The maximum absolute atomic E-state index is 14.6. The first-order valence-corrected chi connectivity index (χ1v) is 11.5. The molecule has 0 fully saturated rings. The largest absolute Gasteiger partial charge is 0.380 e. The number of carbonyl (C=O) groups is 1. The number of aliphatic hydroxyl groups is 1. The van der Waals surface area contributed by atoms with Crippen LogP contribution in [0.15, 0.2) is 16.9 Å². The lowest BCUT2D eigenvalue weighted by Crippen LogP contribution is -2.34. The number of ether oxygens (including phenoxy) is 1. The van der Waals surface area contributed by atoms with E-state index in [1.54, 1.807) is 24.5 Å². The molecule has 0 saturated heterocycles. The first-order chi connectivity index (χ1) is 16.3. The number of methoxy groups -OCH3 is 1. The lowest BCUT2D eigenvalue weighted by Gasteiger charge is -2.24. The Balaban J connectivity index is 0.00000133. The summed E-state index contributed by atoms with van der Waals surface area (Å²) in [5.74, 6) is -0.277. The predicted molar refractivity (Wildman–Crippen MR) is 128 cm³/mol. The van der Waals surface area contributed by atoms with E-state index in [0.717, 1.165) is 41.3 Å². The van der Waals surface area contributed by atoms with Gasteiger partial charge in [0.05, 0.1) is 30.1 Å². The van der Waals surface area contributed by atoms with E-state index in [9.17, 15) is 19.1 Å². The van der Waals surface area contributed by atoms with Crippen LogP contribution in [0, 0.1) is 12.7 Å². The molecule has 0 bridgehead atoms. The molecule has 0 amide bonds. The minimum atomic E-state index is -1.80. The number of pyridine rings is 2. The van der Waals surface area contributed by atoms with Crippen molar-refractivity contribution in [2.75, 3.05) is 14.2 Å². The zero-order chi connectivity index (χ0) is 24.8. The quantitative estimate of drug-likeness (QED) is 0.437. The Bertz CT molecular complexity index is 1370. The van der Waals surface area contributed by atoms with Crippen molar-refractivity contribution in [3.05, 3.63) is 61.7 Å². The molecule has 0 saturated carbocycles. The molecule has 2 aromatic heterocycles. The molecule has 7 nitrogen and oxygen atoms in total. The van der Waals surface area contributed by atoms with Crippen LogP contribution in [-0.4, -0.2) is 35.1 Å². The molecular weight excluding hydrogens is 437 g/mol. The van der Waals surface area contributed by atoms with Gasteiger partial charge in [0, 0.05) is 35.3 Å². The van der Waals surface area contributed by atoms with Gasteiger partial charge in [0.25, 0.3) is 5.56 Å². The average molecular weight is 468 g/mol. The van der Waals surface area contributed by atoms with E-state index < -0.39 is 5.60 Å². The van der Waals surface area contributed by atoms with Gasteiger partial charge in [0.15, 0.2) is 6.29 Å². The molecular formula is C26H30FN3O4. The van der Waals surface area contributed by atoms with Crippen LogP contribution in [0.3, 0.4) is 0 Å². The number of nitrogens with zero attached hydrogens (tertiary/aromatic N) is 2. The molecule has 3 aromatic rings. The van der Waals surface area contributed by atoms with Crippen molar-refractivity contribution in [3.63, 3.8) is 0 Å². The summed E-state index contributed by atoms with van der Waals surface area (Å²) in [5, 5.41) is 12.0. The van der Waals surface area contributed by atoms with E-state index in [0.29, 0.717) is 35.3 Å². The number of nitrogens with two attached hydrogens (primary N) is 1. The van der Waals surface area contributed by atoms with Crippen LogP contribution in [-0.2, 0) is 41.1 Å². The van der Waals surface area contributed by atoms with E-state index >= 15 is 0 Å². The van der Waals surface area contributed by atoms with Gasteiger partial charge in [-0.15, -0.1) is 0 Å². The van der Waals surface area contributed by atoms with Gasteiger partial charge in [-0.1, -0.05) is 6.92 Å². The number of hydrogen-bond acceptors (Lipinski definition) is 6. The van der Waals surface area contributed by atoms with Crippen LogP contribution in [0.5, 0.6) is 0 Å². The van der Waals surface area contributed by atoms with E-state index in [-0.39, 0.29) is 35.5 Å². The van der Waals surface area contributed by atoms with Crippen molar-refractivity contribution in [2.45, 2.75) is 58.3 Å². The number of aryl methyl sites for hydroxylation is 2. The standard InChI is InChI=1S/C25H25FN2O4.CH5N/c1-4-25(31,12-29)18-8-21-23-16(10-28(21)24(30)17(18)11-32-3)15-7-5-6-14-13(2)19(26)9-20(27-23)22(14)15;1-2/h8-9,12,31H,4-7,10-11H2,1-3H3;2H2,1H3/t25-;/m1./s1. The van der Waals surface area contributed by atoms with Crippen LogP contribution in [0.2, 0.25) is 0 Å². The number of halogens is 1. The number of aromatic nitrogens is 2. The fraction of sp³-hybridized carbons (Fsp3) is 0.423. The molecule has 8 heteroatoms. The van der Waals surface area contributed by atoms with Gasteiger partial charge in [-0.3, -0.25) is 9.59 Å². The van der Waals surface area contributed by atoms with Crippen LogP contribution in [0.4, 0.5) is 4.39 Å². The third kappa shape index (κ3) is 3.40. The molecule has 5 rings (SSSR count). The first kappa shape index (κ1) is 24.2. The van der Waals surface area contributed by atoms with Crippen molar-refractivity contribution < 1.29 is 19.0 Å². The summed E-state index contributed by atoms with van der Waals surface area (Å²) < 4.78 is 21.5. The second-order valence-corrected chi connectivity index (χ2v) is 8.77. The Hall–Kier alpha value is -2.94. The number of fused-ring (bicyclic) bond motifs is 4. The lowest BCUT2D eigenvalue weighted by molar-refractivity contribution is -0.125. The normalized spacial score (nSPS) is 15.3. The highest BCUT2D eigenvalue weighted by atomic mass is 19.1. The van der Waals surface area contributed by atoms with Crippen molar-refractivity contribution >= 4 is 17.2 Å². The highest BCUT2D eigenvalue weighted by Crippen LogP contribution is 2.42. The summed E-state index contributed by atoms with van der Waals surface area (Å²) in [5.41, 5.74) is 8.40. The van der Waals surface area contributed by atoms with Crippen molar-refractivity contribution in [2.24, 2.45) is 5.73 Å². The molecule has 1 aromatic carbocycles. The van der Waals surface area contributed by atoms with Crippen molar-refractivity contribution in [3.8, 4) is 11.4 Å². The van der Waals surface area contributed by atoms with Crippen LogP contribution in [0.25, 0.3) is 22.3 Å². The molecule has 0 unspecified atom stereocenters. The molecule has 1 atom stereocenters. The summed E-state index contributed by atoms with van der Waals surface area (Å²) in [7, 11) is 2.97. The second kappa shape index (κ2) is 9.02. The number of aldehydes is 1. The Morgan fingerprint density at radius 1 is 1.26 bits per heavy atom. The molecule has 34 heavy (non-hydrogen) atoms. The van der Waals surface area contributed by atoms with E-state index in [1.165, 1.54) is 20.2 Å². The van der Waals surface area contributed by atoms with Crippen molar-refractivity contribution in [1.82, 2.24) is 9.55 Å². The van der Waals surface area contributed by atoms with Crippen LogP contribution < -0.4 is 11.3 Å². The van der Waals surface area contributed by atoms with Crippen LogP contribution in [0.1, 0.15) is 53.1 Å². The number of benzene rings is 1. The predicted octanol–water partition coefficient (Wildman–Crippen LogP) is 2.88. The summed E-state index contributed by atoms with van der Waals surface area (Å²) in [6.07, 6.45) is 3.15. The zero-order valence-corrected chi connectivity index (χ0v) is 20.0. The molecule has 1 aliphatic heterocycles. The summed E-state index contributed by atoms with van der Waals surface area (Å²) >= 11 is 0. The number of carbonyl (C=O) groups excluding carboxylic acids is 1. The van der Waals surface area contributed by atoms with E-state index in [4.69, 9.17) is 9.72 Å². The Kier molecular flexibility index (Phi) is 6.42. The maximum atomic E-state index is 14.6. The van der Waals surface area contributed by atoms with Gasteiger partial charge in [-0.05, 0) is 62.4 Å². The fourth-order valence-electron chi connectivity index (χ4n) is 5.31. The van der Waals surface area contributed by atoms with Gasteiger partial charge in [-0.2, -0.15) is 0 Å². The monoisotopic (exact) mass is 467 g/mol. The van der Waals surface area contributed by atoms with Crippen molar-refractivity contribution in [1.29, 1.82) is 0 Å². The molecule has 1 aliphatic carbocycles. The van der Waals surface area contributed by atoms with E-state index in [2.05, 4.69) is 5.73 Å². The second-order valence-electron chi connectivity index (χ2n) is 8.77. The lowest BCUT2D eigenvalue weighted by atomic mass is 9.84. The molecule has 180 valence electrons. The Morgan fingerprint density at radius 3 is 2.62 bits per heavy atom. The smallest absolute Gasteiger partial charge is 0.257 e. The first-order valence-electron chi connectivity index (χ1n) is 11.5. The van der Waals surface area contributed by atoms with Gasteiger partial charge in [0.2, 0.25) is 0 Å². The zero-order valence-electron chi connectivity index (χ0n) is 20.0. The minimum Gasteiger partial charge on any atom is -0.380 e. The highest BCUT2D eigenvalue weighted by Gasteiger charge is 2.36. The molecule has 3 heterocycles. The third-order valence-corrected chi connectivity index (χ3v) is 7.12. The average Bonchev–Trinajstić information content (AvgIpc) is 3.24. The maximum Gasteiger partial charge on any atom is 0.257 e. The number of hydrogen-bond donors (Lipinski definition) is 2.